The molecule has 1 atom stereocenters. The highest BCUT2D eigenvalue weighted by molar-refractivity contribution is 7.86. The SMILES string of the molecule is O=C(CS(=O)c1ccccc1[N+](=O)[O-])Nc1cc(C(F)(F)F)ccc1Cl. The Kier molecular flexibility index (Phi) is 5.98. The lowest BCUT2D eigenvalue weighted by molar-refractivity contribution is -0.387. The normalized spacial score (nSPS) is 12.5. The van der Waals surface area contributed by atoms with Crippen LogP contribution >= 0.6 is 11.6 Å². The van der Waals surface area contributed by atoms with Gasteiger partial charge in [0, 0.05) is 6.07 Å². The van der Waals surface area contributed by atoms with Crippen LogP contribution in [0.1, 0.15) is 5.56 Å². The van der Waals surface area contributed by atoms with Gasteiger partial charge in [-0.25, -0.2) is 0 Å². The molecule has 0 aliphatic rings. The molecule has 1 unspecified atom stereocenters. The van der Waals surface area contributed by atoms with Crippen molar-refractivity contribution in [2.24, 2.45) is 0 Å². The van der Waals surface area contributed by atoms with Gasteiger partial charge in [-0.05, 0) is 24.3 Å². The van der Waals surface area contributed by atoms with Gasteiger partial charge in [0.05, 0.1) is 32.0 Å². The van der Waals surface area contributed by atoms with E-state index in [-0.39, 0.29) is 15.6 Å². The van der Waals surface area contributed by atoms with Crippen LogP contribution < -0.4 is 5.32 Å². The average molecular weight is 407 g/mol. The first kappa shape index (κ1) is 19.9. The van der Waals surface area contributed by atoms with Crippen molar-refractivity contribution in [1.82, 2.24) is 0 Å². The molecule has 0 aromatic heterocycles. The second-order valence-electron chi connectivity index (χ2n) is 4.96. The summed E-state index contributed by atoms with van der Waals surface area (Å²) in [5, 5.41) is 12.9. The smallest absolute Gasteiger partial charge is 0.324 e. The highest BCUT2D eigenvalue weighted by atomic mass is 35.5. The van der Waals surface area contributed by atoms with E-state index in [2.05, 4.69) is 5.32 Å². The number of halogens is 4. The molecule has 0 aliphatic carbocycles. The highest BCUT2D eigenvalue weighted by Crippen LogP contribution is 2.33. The first-order valence-electron chi connectivity index (χ1n) is 6.88. The van der Waals surface area contributed by atoms with E-state index in [1.54, 1.807) is 0 Å². The van der Waals surface area contributed by atoms with Crippen molar-refractivity contribution in [3.63, 3.8) is 0 Å². The number of benzene rings is 2. The summed E-state index contributed by atoms with van der Waals surface area (Å²) in [5.74, 6) is -1.58. The molecule has 0 spiro atoms. The summed E-state index contributed by atoms with van der Waals surface area (Å²) in [6.07, 6.45) is -4.63. The maximum atomic E-state index is 12.7. The van der Waals surface area contributed by atoms with Crippen molar-refractivity contribution in [3.05, 3.63) is 63.2 Å². The second-order valence-corrected chi connectivity index (χ2v) is 6.78. The minimum absolute atomic E-state index is 0.136. The van der Waals surface area contributed by atoms with Crippen LogP contribution in [-0.4, -0.2) is 20.8 Å². The Balaban J connectivity index is 2.17. The van der Waals surface area contributed by atoms with Gasteiger partial charge in [-0.15, -0.1) is 0 Å². The maximum absolute atomic E-state index is 12.7. The number of alkyl halides is 3. The van der Waals surface area contributed by atoms with Crippen LogP contribution in [0.15, 0.2) is 47.4 Å². The number of carbonyl (C=O) groups excluding carboxylic acids is 1. The van der Waals surface area contributed by atoms with Gasteiger partial charge in [0.15, 0.2) is 0 Å². The van der Waals surface area contributed by atoms with Crippen molar-refractivity contribution in [3.8, 4) is 0 Å². The number of nitrogens with zero attached hydrogens (tertiary/aromatic N) is 1. The Morgan fingerprint density at radius 1 is 1.23 bits per heavy atom. The fraction of sp³-hybridized carbons (Fsp3) is 0.133. The van der Waals surface area contributed by atoms with Crippen LogP contribution in [0.2, 0.25) is 5.02 Å². The van der Waals surface area contributed by atoms with Gasteiger partial charge in [0.25, 0.3) is 5.69 Å². The largest absolute Gasteiger partial charge is 0.416 e. The molecule has 2 rings (SSSR count). The monoisotopic (exact) mass is 406 g/mol. The van der Waals surface area contributed by atoms with Crippen molar-refractivity contribution < 1.29 is 27.1 Å². The fourth-order valence-electron chi connectivity index (χ4n) is 1.98. The van der Waals surface area contributed by atoms with E-state index in [1.807, 2.05) is 0 Å². The van der Waals surface area contributed by atoms with Crippen molar-refractivity contribution in [2.45, 2.75) is 11.1 Å². The van der Waals surface area contributed by atoms with Crippen LogP contribution in [0.3, 0.4) is 0 Å². The number of nitro benzene ring substituents is 1. The summed E-state index contributed by atoms with van der Waals surface area (Å²) in [6, 6.07) is 7.54. The van der Waals surface area contributed by atoms with Crippen LogP contribution in [0.4, 0.5) is 24.5 Å². The first-order valence-corrected chi connectivity index (χ1v) is 8.57. The number of nitro groups is 1. The van der Waals surface area contributed by atoms with Crippen molar-refractivity contribution >= 4 is 39.7 Å². The third kappa shape index (κ3) is 4.79. The predicted molar refractivity (Wildman–Crippen MR) is 89.5 cm³/mol. The van der Waals surface area contributed by atoms with Crippen LogP contribution in [-0.2, 0) is 21.8 Å². The van der Waals surface area contributed by atoms with Crippen molar-refractivity contribution in [1.29, 1.82) is 0 Å². The molecule has 6 nitrogen and oxygen atoms in total. The summed E-state index contributed by atoms with van der Waals surface area (Å²) in [4.78, 5) is 22.0. The Morgan fingerprint density at radius 3 is 2.50 bits per heavy atom. The molecule has 0 aliphatic heterocycles. The lowest BCUT2D eigenvalue weighted by Crippen LogP contribution is -2.20. The molecule has 0 heterocycles. The molecular weight excluding hydrogens is 397 g/mol. The van der Waals surface area contributed by atoms with E-state index in [9.17, 15) is 32.3 Å². The second kappa shape index (κ2) is 7.83. The summed E-state index contributed by atoms with van der Waals surface area (Å²) in [7, 11) is -2.07. The molecule has 0 saturated carbocycles. The molecule has 2 aromatic carbocycles. The quantitative estimate of drug-likeness (QED) is 0.600. The van der Waals surface area contributed by atoms with Gasteiger partial charge < -0.3 is 5.32 Å². The Labute approximate surface area is 152 Å². The minimum Gasteiger partial charge on any atom is -0.324 e. The van der Waals surface area contributed by atoms with E-state index in [1.165, 1.54) is 18.2 Å². The van der Waals surface area contributed by atoms with E-state index >= 15 is 0 Å². The topological polar surface area (TPSA) is 89.3 Å². The zero-order valence-electron chi connectivity index (χ0n) is 12.7. The Bertz CT molecular complexity index is 889. The number of nitrogens with one attached hydrogen (secondary N) is 1. The van der Waals surface area contributed by atoms with Gasteiger partial charge >= 0.3 is 6.18 Å². The summed E-state index contributed by atoms with van der Waals surface area (Å²) in [6.45, 7) is 0. The maximum Gasteiger partial charge on any atom is 0.416 e. The number of hydrogen-bond acceptors (Lipinski definition) is 4. The van der Waals surface area contributed by atoms with Crippen LogP contribution in [0, 0.1) is 10.1 Å². The summed E-state index contributed by atoms with van der Waals surface area (Å²) in [5.41, 5.74) is -1.74. The molecule has 0 fully saturated rings. The molecule has 1 amide bonds. The van der Waals surface area contributed by atoms with Gasteiger partial charge in [0.2, 0.25) is 5.91 Å². The number of carbonyl (C=O) groups is 1. The third-order valence-electron chi connectivity index (χ3n) is 3.14. The highest BCUT2D eigenvalue weighted by Gasteiger charge is 2.31. The number of hydrogen-bond donors (Lipinski definition) is 1. The lowest BCUT2D eigenvalue weighted by Gasteiger charge is -2.11. The molecule has 0 saturated heterocycles. The van der Waals surface area contributed by atoms with Gasteiger partial charge in [-0.2, -0.15) is 13.2 Å². The Hall–Kier alpha value is -2.46. The number of anilines is 1. The fourth-order valence-corrected chi connectivity index (χ4v) is 3.22. The van der Waals surface area contributed by atoms with Crippen LogP contribution in [0.25, 0.3) is 0 Å². The van der Waals surface area contributed by atoms with E-state index in [4.69, 9.17) is 11.6 Å². The molecule has 2 aromatic rings. The summed E-state index contributed by atoms with van der Waals surface area (Å²) >= 11 is 5.76. The predicted octanol–water partition coefficient (Wildman–Crippen LogP) is 4.01. The first-order chi connectivity index (χ1) is 12.1. The standard InChI is InChI=1S/C15H10ClF3N2O4S/c16-10-6-5-9(15(17,18)19)7-11(10)20-14(22)8-26(25)13-4-2-1-3-12(13)21(23)24/h1-7H,8H2,(H,20,22). The average Bonchev–Trinajstić information content (AvgIpc) is 2.55. The summed E-state index contributed by atoms with van der Waals surface area (Å²) < 4.78 is 50.4. The number of para-hydroxylation sites is 1. The number of rotatable bonds is 5. The zero-order chi connectivity index (χ0) is 19.5. The molecule has 26 heavy (non-hydrogen) atoms. The molecule has 0 radical (unpaired) electrons. The molecule has 0 bridgehead atoms. The van der Waals surface area contributed by atoms with Crippen molar-refractivity contribution in [2.75, 3.05) is 11.1 Å². The lowest BCUT2D eigenvalue weighted by atomic mass is 10.2. The Morgan fingerprint density at radius 2 is 1.88 bits per heavy atom. The molecule has 138 valence electrons. The zero-order valence-corrected chi connectivity index (χ0v) is 14.3. The van der Waals surface area contributed by atoms with Gasteiger partial charge in [0.1, 0.15) is 10.6 Å². The minimum atomic E-state index is -4.63. The van der Waals surface area contributed by atoms with Crippen LogP contribution in [0.5, 0.6) is 0 Å². The third-order valence-corrected chi connectivity index (χ3v) is 4.83. The molecule has 1 N–H and O–H groups in total. The molecular formula is C15H10ClF3N2O4S. The molecule has 11 heteroatoms. The van der Waals surface area contributed by atoms with Gasteiger partial charge in [-0.3, -0.25) is 19.1 Å². The van der Waals surface area contributed by atoms with Gasteiger partial charge in [-0.1, -0.05) is 23.7 Å². The number of amides is 1. The van der Waals surface area contributed by atoms with E-state index < -0.39 is 44.8 Å². The van der Waals surface area contributed by atoms with E-state index in [0.717, 1.165) is 18.2 Å². The van der Waals surface area contributed by atoms with E-state index in [0.29, 0.717) is 6.07 Å².